The van der Waals surface area contributed by atoms with Crippen LogP contribution < -0.4 is 21.2 Å². The van der Waals surface area contributed by atoms with Crippen molar-refractivity contribution in [3.05, 3.63) is 70.4 Å². The predicted molar refractivity (Wildman–Crippen MR) is 147 cm³/mol. The molecule has 0 bridgehead atoms. The lowest BCUT2D eigenvalue weighted by atomic mass is 10.0. The molecule has 33 heavy (non-hydrogen) atoms. The first-order valence-electron chi connectivity index (χ1n) is 11.6. The average Bonchev–Trinajstić information content (AvgIpc) is 3.19. The third-order valence-electron chi connectivity index (χ3n) is 5.69. The molecule has 1 aromatic heterocycles. The van der Waals surface area contributed by atoms with E-state index in [-0.39, 0.29) is 0 Å². The monoisotopic (exact) mass is 465 g/mol. The lowest BCUT2D eigenvalue weighted by molar-refractivity contribution is 0.324. The standard InChI is InChI=1S/C17H28N4S.C10H11N/c1-5-21(4)11-13(3)19-17(22)18-10-15-9-14-8-12(2)6-7-16(14)20-15;1-3-8(2)9-6-4-5-7-10(9)11/h7-9,12-13,20H,5-6,10-11H2,1-4H3,(H2,18,19,22);3-7,11H,1H2,2H3/b;9-8+,11-10?. The van der Waals surface area contributed by atoms with Gasteiger partial charge in [-0.3, -0.25) is 0 Å². The van der Waals surface area contributed by atoms with Crippen molar-refractivity contribution in [2.75, 3.05) is 20.1 Å². The third kappa shape index (κ3) is 8.63. The van der Waals surface area contributed by atoms with Gasteiger partial charge in [0.05, 0.1) is 12.3 Å². The highest BCUT2D eigenvalue weighted by Gasteiger charge is 2.08. The van der Waals surface area contributed by atoms with Crippen LogP contribution in [0.2, 0.25) is 0 Å². The van der Waals surface area contributed by atoms with Gasteiger partial charge in [0.1, 0.15) is 0 Å². The summed E-state index contributed by atoms with van der Waals surface area (Å²) in [7, 11) is 2.12. The van der Waals surface area contributed by atoms with Crippen LogP contribution in [-0.2, 0) is 6.54 Å². The van der Waals surface area contributed by atoms with Crippen LogP contribution in [0.5, 0.6) is 0 Å². The molecule has 6 heteroatoms. The number of fused-ring (bicyclic) bond motifs is 1. The molecule has 0 fully saturated rings. The Kier molecular flexibility index (Phi) is 10.6. The lowest BCUT2D eigenvalue weighted by Crippen LogP contribution is -2.45. The fourth-order valence-electron chi connectivity index (χ4n) is 3.66. The number of hydrogen-bond donors (Lipinski definition) is 4. The van der Waals surface area contributed by atoms with Crippen LogP contribution in [0.4, 0.5) is 0 Å². The van der Waals surface area contributed by atoms with Crippen molar-refractivity contribution < 1.29 is 0 Å². The summed E-state index contributed by atoms with van der Waals surface area (Å²) in [5.41, 5.74) is 3.75. The molecule has 0 aliphatic heterocycles. The molecule has 0 saturated carbocycles. The largest absolute Gasteiger partial charge is 0.359 e. The van der Waals surface area contributed by atoms with Crippen molar-refractivity contribution in [2.45, 2.75) is 46.7 Å². The van der Waals surface area contributed by atoms with Crippen molar-refractivity contribution in [1.82, 2.24) is 20.5 Å². The number of likely N-dealkylation sites (N-methyl/N-ethyl adjacent to an activating group) is 1. The van der Waals surface area contributed by atoms with E-state index in [1.165, 1.54) is 16.3 Å². The predicted octanol–water partition coefficient (Wildman–Crippen LogP) is 3.55. The van der Waals surface area contributed by atoms with Gasteiger partial charge in [0.25, 0.3) is 0 Å². The molecule has 3 rings (SSSR count). The van der Waals surface area contributed by atoms with Gasteiger partial charge in [-0.15, -0.1) is 0 Å². The Morgan fingerprint density at radius 3 is 2.79 bits per heavy atom. The van der Waals surface area contributed by atoms with Gasteiger partial charge < -0.3 is 25.9 Å². The molecule has 0 amide bonds. The molecule has 0 spiro atoms. The minimum atomic E-state index is 0.337. The number of nitrogens with zero attached hydrogens (tertiary/aromatic N) is 1. The number of hydrogen-bond acceptors (Lipinski definition) is 3. The molecule has 0 aromatic carbocycles. The van der Waals surface area contributed by atoms with E-state index >= 15 is 0 Å². The van der Waals surface area contributed by atoms with Gasteiger partial charge >= 0.3 is 0 Å². The molecular formula is C27H39N5S. The summed E-state index contributed by atoms with van der Waals surface area (Å²) in [6, 6.07) is 2.55. The van der Waals surface area contributed by atoms with Crippen LogP contribution in [0.1, 0.15) is 39.8 Å². The van der Waals surface area contributed by atoms with Crippen molar-refractivity contribution in [3.63, 3.8) is 0 Å². The Morgan fingerprint density at radius 1 is 1.39 bits per heavy atom. The van der Waals surface area contributed by atoms with Gasteiger partial charge in [-0.1, -0.05) is 56.9 Å². The number of aromatic nitrogens is 1. The maximum absolute atomic E-state index is 7.54. The van der Waals surface area contributed by atoms with Gasteiger partial charge in [-0.2, -0.15) is 0 Å². The van der Waals surface area contributed by atoms with E-state index in [2.05, 4.69) is 73.1 Å². The minimum Gasteiger partial charge on any atom is -0.359 e. The summed E-state index contributed by atoms with van der Waals surface area (Å²) in [4.78, 5) is 5.73. The molecule has 4 N–H and O–H groups in total. The molecule has 2 unspecified atom stereocenters. The van der Waals surface area contributed by atoms with Gasteiger partial charge in [0, 0.05) is 29.2 Å². The van der Waals surface area contributed by atoms with E-state index in [0.29, 0.717) is 22.8 Å². The minimum absolute atomic E-state index is 0.337. The molecule has 2 aliphatic rings. The van der Waals surface area contributed by atoms with Gasteiger partial charge in [-0.25, -0.2) is 0 Å². The van der Waals surface area contributed by atoms with Crippen molar-refractivity contribution in [3.8, 4) is 0 Å². The second-order valence-electron chi connectivity index (χ2n) is 8.76. The Bertz CT molecular complexity index is 1060. The zero-order valence-corrected chi connectivity index (χ0v) is 21.5. The zero-order chi connectivity index (χ0) is 24.4. The fourth-order valence-corrected chi connectivity index (χ4v) is 3.93. The summed E-state index contributed by atoms with van der Waals surface area (Å²) in [5.74, 6) is 0.628. The fraction of sp³-hybridized carbons (Fsp3) is 0.407. The Morgan fingerprint density at radius 2 is 2.12 bits per heavy atom. The van der Waals surface area contributed by atoms with E-state index in [1.807, 2.05) is 25.2 Å². The number of nitrogens with one attached hydrogen (secondary N) is 4. The molecule has 1 aromatic rings. The van der Waals surface area contributed by atoms with Gasteiger partial charge in [-0.05, 0) is 74.9 Å². The summed E-state index contributed by atoms with van der Waals surface area (Å²) >= 11 is 5.38. The second kappa shape index (κ2) is 13.1. The Labute approximate surface area is 204 Å². The molecule has 5 nitrogen and oxygen atoms in total. The molecular weight excluding hydrogens is 426 g/mol. The number of allylic oxidation sites excluding steroid dienone is 7. The van der Waals surface area contributed by atoms with Crippen molar-refractivity contribution in [2.24, 2.45) is 5.92 Å². The Balaban J connectivity index is 0.000000294. The molecule has 0 saturated heterocycles. The first-order valence-corrected chi connectivity index (χ1v) is 12.0. The van der Waals surface area contributed by atoms with Crippen LogP contribution in [-0.4, -0.2) is 46.9 Å². The van der Waals surface area contributed by atoms with E-state index in [4.69, 9.17) is 17.6 Å². The molecule has 2 atom stereocenters. The maximum atomic E-state index is 7.54. The summed E-state index contributed by atoms with van der Waals surface area (Å²) in [6.45, 7) is 14.9. The lowest BCUT2D eigenvalue weighted by Gasteiger charge is -2.22. The van der Waals surface area contributed by atoms with Gasteiger partial charge in [0.2, 0.25) is 0 Å². The number of rotatable bonds is 7. The van der Waals surface area contributed by atoms with Gasteiger partial charge in [0.15, 0.2) is 5.11 Å². The molecule has 178 valence electrons. The van der Waals surface area contributed by atoms with Crippen LogP contribution >= 0.6 is 12.2 Å². The second-order valence-corrected chi connectivity index (χ2v) is 9.17. The summed E-state index contributed by atoms with van der Waals surface area (Å²) < 4.78 is 0. The number of H-pyrrole nitrogens is 1. The molecule has 1 heterocycles. The summed E-state index contributed by atoms with van der Waals surface area (Å²) in [6.07, 6.45) is 15.0. The van der Waals surface area contributed by atoms with Crippen molar-refractivity contribution >= 4 is 35.2 Å². The normalized spacial score (nSPS) is 18.8. The maximum Gasteiger partial charge on any atom is 0.166 e. The molecule has 2 aliphatic carbocycles. The van der Waals surface area contributed by atoms with Crippen LogP contribution in [0.3, 0.4) is 0 Å². The van der Waals surface area contributed by atoms with Crippen molar-refractivity contribution in [1.29, 1.82) is 5.41 Å². The van der Waals surface area contributed by atoms with E-state index in [0.717, 1.165) is 37.2 Å². The van der Waals surface area contributed by atoms with Crippen LogP contribution in [0.15, 0.2) is 54.2 Å². The summed E-state index contributed by atoms with van der Waals surface area (Å²) in [5, 5.41) is 17.4. The van der Waals surface area contributed by atoms with E-state index < -0.39 is 0 Å². The average molecular weight is 466 g/mol. The van der Waals surface area contributed by atoms with E-state index in [1.54, 1.807) is 12.2 Å². The highest BCUT2D eigenvalue weighted by Crippen LogP contribution is 2.12. The smallest absolute Gasteiger partial charge is 0.166 e. The third-order valence-corrected chi connectivity index (χ3v) is 5.96. The number of thiocarbonyl (C=S) groups is 1. The van der Waals surface area contributed by atoms with E-state index in [9.17, 15) is 0 Å². The highest BCUT2D eigenvalue weighted by molar-refractivity contribution is 7.80. The first kappa shape index (κ1) is 26.6. The molecule has 0 radical (unpaired) electrons. The quantitative estimate of drug-likeness (QED) is 0.465. The SMILES string of the molecule is C=C/C(C)=C1\C=CC=CC1=N.CCN(C)CC(C)NC(=S)NCc1cc2c([nH]1)=CCC(C)C=2. The highest BCUT2D eigenvalue weighted by atomic mass is 32.1. The Hall–Kier alpha value is -2.70. The topological polar surface area (TPSA) is 66.9 Å². The first-order chi connectivity index (χ1) is 15.7. The van der Waals surface area contributed by atoms with Crippen LogP contribution in [0, 0.1) is 11.3 Å². The zero-order valence-electron chi connectivity index (χ0n) is 20.7. The number of aromatic amines is 1. The van der Waals surface area contributed by atoms with Crippen LogP contribution in [0.25, 0.3) is 12.2 Å².